The van der Waals surface area contributed by atoms with Crippen LogP contribution in [0, 0.1) is 0 Å². The van der Waals surface area contributed by atoms with Gasteiger partial charge in [0.1, 0.15) is 5.82 Å². The maximum Gasteiger partial charge on any atom is 0.254 e. The molecule has 1 N–H and O–H groups in total. The summed E-state index contributed by atoms with van der Waals surface area (Å²) in [6.45, 7) is 3.87. The van der Waals surface area contributed by atoms with E-state index in [-0.39, 0.29) is 17.9 Å². The number of halogens is 1. The molecule has 0 aliphatic carbocycles. The summed E-state index contributed by atoms with van der Waals surface area (Å²) in [6.07, 6.45) is 1.55. The number of carbonyl (C=O) groups is 1. The van der Waals surface area contributed by atoms with Crippen molar-refractivity contribution in [3.63, 3.8) is 0 Å². The first kappa shape index (κ1) is 20.3. The van der Waals surface area contributed by atoms with E-state index in [2.05, 4.69) is 27.0 Å². The van der Waals surface area contributed by atoms with Crippen molar-refractivity contribution in [2.45, 2.75) is 13.0 Å². The van der Waals surface area contributed by atoms with Crippen LogP contribution in [0.25, 0.3) is 11.4 Å². The summed E-state index contributed by atoms with van der Waals surface area (Å²) in [4.78, 5) is 36.4. The molecule has 1 saturated heterocycles. The molecule has 1 aliphatic heterocycles. The van der Waals surface area contributed by atoms with Crippen molar-refractivity contribution in [2.24, 2.45) is 0 Å². The second-order valence-electron chi connectivity index (χ2n) is 7.41. The molecule has 0 radical (unpaired) electrons. The molecule has 1 fully saturated rings. The van der Waals surface area contributed by atoms with E-state index in [1.165, 1.54) is 11.8 Å². The highest BCUT2D eigenvalue weighted by Gasteiger charge is 2.22. The maximum absolute atomic E-state index is 12.7. The zero-order valence-electron chi connectivity index (χ0n) is 16.6. The SMILES string of the molecule is O=C(Cc1cnc(-c2ccc(Cl)cc2)[nH]c1=O)N1CCN(Cc2ccccc2)CC1. The van der Waals surface area contributed by atoms with Gasteiger partial charge in [0.25, 0.3) is 5.56 Å². The zero-order valence-corrected chi connectivity index (χ0v) is 17.3. The first-order valence-corrected chi connectivity index (χ1v) is 10.3. The molecule has 1 aromatic heterocycles. The predicted molar refractivity (Wildman–Crippen MR) is 117 cm³/mol. The first-order chi connectivity index (χ1) is 14.6. The van der Waals surface area contributed by atoms with Crippen LogP contribution in [0.15, 0.2) is 65.6 Å². The highest BCUT2D eigenvalue weighted by atomic mass is 35.5. The Bertz CT molecular complexity index is 1060. The molecule has 0 atom stereocenters. The number of amides is 1. The van der Waals surface area contributed by atoms with Gasteiger partial charge in [-0.1, -0.05) is 41.9 Å². The number of hydrogen-bond donors (Lipinski definition) is 1. The summed E-state index contributed by atoms with van der Waals surface area (Å²) in [5.41, 5.74) is 2.13. The molecule has 30 heavy (non-hydrogen) atoms. The number of H-pyrrole nitrogens is 1. The Morgan fingerprint density at radius 1 is 1.00 bits per heavy atom. The van der Waals surface area contributed by atoms with Gasteiger partial charge in [0.15, 0.2) is 0 Å². The van der Waals surface area contributed by atoms with Crippen molar-refractivity contribution < 1.29 is 4.79 Å². The van der Waals surface area contributed by atoms with Crippen LogP contribution in [-0.2, 0) is 17.8 Å². The van der Waals surface area contributed by atoms with Gasteiger partial charge in [-0.15, -0.1) is 0 Å². The summed E-state index contributed by atoms with van der Waals surface area (Å²) in [6, 6.07) is 17.4. The third-order valence-corrected chi connectivity index (χ3v) is 5.56. The Kier molecular flexibility index (Phi) is 6.26. The average molecular weight is 423 g/mol. The minimum atomic E-state index is -0.286. The average Bonchev–Trinajstić information content (AvgIpc) is 2.77. The van der Waals surface area contributed by atoms with Crippen LogP contribution in [-0.4, -0.2) is 51.9 Å². The van der Waals surface area contributed by atoms with E-state index in [1.54, 1.807) is 24.3 Å². The monoisotopic (exact) mass is 422 g/mol. The number of rotatable bonds is 5. The van der Waals surface area contributed by atoms with E-state index in [9.17, 15) is 9.59 Å². The topological polar surface area (TPSA) is 69.3 Å². The molecule has 0 bridgehead atoms. The molecule has 6 nitrogen and oxygen atoms in total. The molecule has 154 valence electrons. The molecular formula is C23H23ClN4O2. The fourth-order valence-electron chi connectivity index (χ4n) is 3.57. The van der Waals surface area contributed by atoms with Gasteiger partial charge in [-0.05, 0) is 29.8 Å². The number of aromatic nitrogens is 2. The Balaban J connectivity index is 1.34. The number of hydrogen-bond acceptors (Lipinski definition) is 4. The Morgan fingerprint density at radius 2 is 1.70 bits per heavy atom. The third-order valence-electron chi connectivity index (χ3n) is 5.31. The summed E-state index contributed by atoms with van der Waals surface area (Å²) in [5, 5.41) is 0.618. The van der Waals surface area contributed by atoms with Crippen LogP contribution in [0.1, 0.15) is 11.1 Å². The second-order valence-corrected chi connectivity index (χ2v) is 7.85. The van der Waals surface area contributed by atoms with E-state index in [0.717, 1.165) is 25.2 Å². The van der Waals surface area contributed by atoms with Crippen molar-refractivity contribution in [1.82, 2.24) is 19.8 Å². The minimum Gasteiger partial charge on any atom is -0.340 e. The number of nitrogens with zero attached hydrogens (tertiary/aromatic N) is 3. The van der Waals surface area contributed by atoms with Gasteiger partial charge in [-0.2, -0.15) is 0 Å². The number of nitrogens with one attached hydrogen (secondary N) is 1. The van der Waals surface area contributed by atoms with Crippen LogP contribution >= 0.6 is 11.6 Å². The van der Waals surface area contributed by atoms with Gasteiger partial charge >= 0.3 is 0 Å². The van der Waals surface area contributed by atoms with E-state index in [0.29, 0.717) is 29.5 Å². The molecule has 1 aliphatic rings. The maximum atomic E-state index is 12.7. The van der Waals surface area contributed by atoms with Crippen molar-refractivity contribution in [1.29, 1.82) is 0 Å². The molecule has 3 aromatic rings. The van der Waals surface area contributed by atoms with Gasteiger partial charge in [0.05, 0.1) is 6.42 Å². The molecule has 0 unspecified atom stereocenters. The zero-order chi connectivity index (χ0) is 20.9. The first-order valence-electron chi connectivity index (χ1n) is 9.97. The van der Waals surface area contributed by atoms with Gasteiger partial charge in [-0.3, -0.25) is 14.5 Å². The van der Waals surface area contributed by atoms with Gasteiger partial charge in [0.2, 0.25) is 5.91 Å². The fourth-order valence-corrected chi connectivity index (χ4v) is 3.70. The van der Waals surface area contributed by atoms with Crippen LogP contribution in [0.3, 0.4) is 0 Å². The summed E-state index contributed by atoms with van der Waals surface area (Å²) >= 11 is 5.90. The Hall–Kier alpha value is -2.96. The van der Waals surface area contributed by atoms with Crippen LogP contribution < -0.4 is 5.56 Å². The molecule has 2 aromatic carbocycles. The van der Waals surface area contributed by atoms with Crippen LogP contribution in [0.4, 0.5) is 0 Å². The van der Waals surface area contributed by atoms with E-state index in [4.69, 9.17) is 11.6 Å². The van der Waals surface area contributed by atoms with Crippen molar-refractivity contribution in [3.8, 4) is 11.4 Å². The number of benzene rings is 2. The van der Waals surface area contributed by atoms with Gasteiger partial charge in [0, 0.05) is 55.1 Å². The fraction of sp³-hybridized carbons (Fsp3) is 0.261. The lowest BCUT2D eigenvalue weighted by Crippen LogP contribution is -2.49. The Morgan fingerprint density at radius 3 is 2.37 bits per heavy atom. The van der Waals surface area contributed by atoms with E-state index in [1.807, 2.05) is 23.1 Å². The highest BCUT2D eigenvalue weighted by molar-refractivity contribution is 6.30. The van der Waals surface area contributed by atoms with Crippen LogP contribution in [0.2, 0.25) is 5.02 Å². The van der Waals surface area contributed by atoms with E-state index < -0.39 is 0 Å². The molecule has 2 heterocycles. The lowest BCUT2D eigenvalue weighted by atomic mass is 10.1. The summed E-state index contributed by atoms with van der Waals surface area (Å²) < 4.78 is 0. The predicted octanol–water partition coefficient (Wildman–Crippen LogP) is 2.98. The van der Waals surface area contributed by atoms with E-state index >= 15 is 0 Å². The molecule has 0 spiro atoms. The quantitative estimate of drug-likeness (QED) is 0.686. The molecule has 7 heteroatoms. The van der Waals surface area contributed by atoms with Crippen molar-refractivity contribution >= 4 is 17.5 Å². The molecule has 0 saturated carbocycles. The minimum absolute atomic E-state index is 0.0408. The second kappa shape index (κ2) is 9.24. The standard InChI is InChI=1S/C23H23ClN4O2/c24-20-8-6-18(7-9-20)22-25-15-19(23(30)26-22)14-21(29)28-12-10-27(11-13-28)16-17-4-2-1-3-5-17/h1-9,15H,10-14,16H2,(H,25,26,30). The van der Waals surface area contributed by atoms with Crippen molar-refractivity contribution in [3.05, 3.63) is 87.3 Å². The molecule has 4 rings (SSSR count). The molecule has 1 amide bonds. The third kappa shape index (κ3) is 4.96. The van der Waals surface area contributed by atoms with Crippen molar-refractivity contribution in [2.75, 3.05) is 26.2 Å². The van der Waals surface area contributed by atoms with Gasteiger partial charge in [-0.25, -0.2) is 4.98 Å². The highest BCUT2D eigenvalue weighted by Crippen LogP contribution is 2.17. The van der Waals surface area contributed by atoms with Crippen LogP contribution in [0.5, 0.6) is 0 Å². The smallest absolute Gasteiger partial charge is 0.254 e. The Labute approximate surface area is 180 Å². The number of carbonyl (C=O) groups excluding carboxylic acids is 1. The van der Waals surface area contributed by atoms with Gasteiger partial charge < -0.3 is 9.88 Å². The lowest BCUT2D eigenvalue weighted by Gasteiger charge is -2.34. The lowest BCUT2D eigenvalue weighted by molar-refractivity contribution is -0.132. The normalized spacial score (nSPS) is 14.6. The molecular weight excluding hydrogens is 400 g/mol. The largest absolute Gasteiger partial charge is 0.340 e. The summed E-state index contributed by atoms with van der Waals surface area (Å²) in [7, 11) is 0. The summed E-state index contributed by atoms with van der Waals surface area (Å²) in [5.74, 6) is 0.420. The number of piperazine rings is 1. The number of aromatic amines is 1.